The van der Waals surface area contributed by atoms with Gasteiger partial charge in [-0.15, -0.1) is 0 Å². The van der Waals surface area contributed by atoms with Crippen LogP contribution in [0, 0.1) is 5.92 Å². The van der Waals surface area contributed by atoms with E-state index in [-0.39, 0.29) is 6.04 Å². The summed E-state index contributed by atoms with van der Waals surface area (Å²) in [5.41, 5.74) is 0. The summed E-state index contributed by atoms with van der Waals surface area (Å²) in [5.74, 6) is 0.437. The molecule has 0 aromatic carbocycles. The fourth-order valence-corrected chi connectivity index (χ4v) is 4.62. The molecule has 0 spiro atoms. The molecule has 2 unspecified atom stereocenters. The molecule has 0 radical (unpaired) electrons. The smallest absolute Gasteiger partial charge is 0.279 e. The predicted molar refractivity (Wildman–Crippen MR) is 80.8 cm³/mol. The molecule has 2 heterocycles. The van der Waals surface area contributed by atoms with Gasteiger partial charge in [0.05, 0.1) is 0 Å². The lowest BCUT2D eigenvalue weighted by atomic mass is 10.00. The minimum absolute atomic E-state index is 0.0687. The lowest BCUT2D eigenvalue weighted by Crippen LogP contribution is -2.50. The van der Waals surface area contributed by atoms with Gasteiger partial charge in [0.25, 0.3) is 10.2 Å². The van der Waals surface area contributed by atoms with Crippen LogP contribution in [0.2, 0.25) is 0 Å². The van der Waals surface area contributed by atoms with Gasteiger partial charge < -0.3 is 10.2 Å². The van der Waals surface area contributed by atoms with Gasteiger partial charge in [-0.2, -0.15) is 17.4 Å². The van der Waals surface area contributed by atoms with Crippen molar-refractivity contribution >= 4 is 10.2 Å². The summed E-state index contributed by atoms with van der Waals surface area (Å²) < 4.78 is 29.4. The lowest BCUT2D eigenvalue weighted by molar-refractivity contribution is 0.257. The predicted octanol–water partition coefficient (Wildman–Crippen LogP) is -0.154. The first kappa shape index (κ1) is 16.2. The number of hydrogen-bond acceptors (Lipinski definition) is 4. The molecule has 7 heteroatoms. The Balaban J connectivity index is 1.88. The maximum atomic E-state index is 12.4. The Morgan fingerprint density at radius 1 is 1.20 bits per heavy atom. The van der Waals surface area contributed by atoms with E-state index in [1.807, 2.05) is 7.05 Å². The van der Waals surface area contributed by atoms with Crippen molar-refractivity contribution in [2.75, 3.05) is 46.3 Å². The largest absolute Gasteiger partial charge is 0.317 e. The zero-order valence-electron chi connectivity index (χ0n) is 12.6. The summed E-state index contributed by atoms with van der Waals surface area (Å²) in [6.07, 6.45) is 2.98. The van der Waals surface area contributed by atoms with Crippen molar-refractivity contribution in [1.29, 1.82) is 0 Å². The summed E-state index contributed by atoms with van der Waals surface area (Å²) in [5, 5.41) is 3.32. The van der Waals surface area contributed by atoms with E-state index < -0.39 is 10.2 Å². The summed E-state index contributed by atoms with van der Waals surface area (Å²) >= 11 is 0. The normalized spacial score (nSPS) is 29.9. The average Bonchev–Trinajstić information content (AvgIpc) is 2.81. The Bertz CT molecular complexity index is 401. The molecule has 20 heavy (non-hydrogen) atoms. The van der Waals surface area contributed by atoms with Crippen LogP contribution in [0.5, 0.6) is 0 Å². The van der Waals surface area contributed by atoms with Crippen LogP contribution in [-0.4, -0.2) is 70.0 Å². The zero-order valence-corrected chi connectivity index (χ0v) is 13.5. The third-order valence-electron chi connectivity index (χ3n) is 4.21. The SMILES string of the molecule is CCNCC1CCCN(S(=O)(=O)NC2CCN(C)C2)C1. The van der Waals surface area contributed by atoms with Crippen LogP contribution in [0.3, 0.4) is 0 Å². The topological polar surface area (TPSA) is 64.7 Å². The highest BCUT2D eigenvalue weighted by molar-refractivity contribution is 7.87. The highest BCUT2D eigenvalue weighted by Gasteiger charge is 2.32. The van der Waals surface area contributed by atoms with Gasteiger partial charge in [-0.3, -0.25) is 0 Å². The molecule has 2 aliphatic heterocycles. The molecule has 2 saturated heterocycles. The maximum absolute atomic E-state index is 12.4. The first-order valence-corrected chi connectivity index (χ1v) is 9.12. The van der Waals surface area contributed by atoms with E-state index in [2.05, 4.69) is 21.9 Å². The second-order valence-electron chi connectivity index (χ2n) is 6.04. The molecule has 0 aromatic rings. The van der Waals surface area contributed by atoms with E-state index in [0.29, 0.717) is 19.0 Å². The molecule has 2 fully saturated rings. The summed E-state index contributed by atoms with van der Waals surface area (Å²) in [6.45, 7) is 7.01. The van der Waals surface area contributed by atoms with Crippen molar-refractivity contribution in [2.24, 2.45) is 5.92 Å². The highest BCUT2D eigenvalue weighted by Crippen LogP contribution is 2.19. The molecule has 0 bridgehead atoms. The van der Waals surface area contributed by atoms with E-state index in [4.69, 9.17) is 0 Å². The fourth-order valence-electron chi connectivity index (χ4n) is 3.08. The van der Waals surface area contributed by atoms with Crippen molar-refractivity contribution in [1.82, 2.24) is 19.2 Å². The van der Waals surface area contributed by atoms with Crippen molar-refractivity contribution in [2.45, 2.75) is 32.2 Å². The molecular formula is C13H28N4O2S. The van der Waals surface area contributed by atoms with Crippen LogP contribution < -0.4 is 10.0 Å². The van der Waals surface area contributed by atoms with Crippen molar-refractivity contribution in [3.63, 3.8) is 0 Å². The maximum Gasteiger partial charge on any atom is 0.279 e. The number of piperidine rings is 1. The van der Waals surface area contributed by atoms with E-state index in [0.717, 1.165) is 45.4 Å². The Kier molecular flexibility index (Phi) is 5.80. The monoisotopic (exact) mass is 304 g/mol. The van der Waals surface area contributed by atoms with Gasteiger partial charge in [-0.25, -0.2) is 0 Å². The first-order chi connectivity index (χ1) is 9.51. The Hall–Kier alpha value is -0.210. The minimum atomic E-state index is -3.32. The molecule has 2 rings (SSSR count). The van der Waals surface area contributed by atoms with Gasteiger partial charge in [0, 0.05) is 25.7 Å². The van der Waals surface area contributed by atoms with E-state index in [9.17, 15) is 8.42 Å². The molecule has 118 valence electrons. The van der Waals surface area contributed by atoms with E-state index in [1.165, 1.54) is 0 Å². The molecule has 2 atom stereocenters. The molecule has 0 amide bonds. The molecule has 0 aromatic heterocycles. The molecule has 2 aliphatic rings. The molecule has 2 N–H and O–H groups in total. The van der Waals surface area contributed by atoms with Crippen LogP contribution in [0.4, 0.5) is 0 Å². The lowest BCUT2D eigenvalue weighted by Gasteiger charge is -2.32. The second-order valence-corrected chi connectivity index (χ2v) is 7.75. The number of nitrogens with one attached hydrogen (secondary N) is 2. The van der Waals surface area contributed by atoms with Crippen LogP contribution in [0.25, 0.3) is 0 Å². The Morgan fingerprint density at radius 3 is 2.65 bits per heavy atom. The van der Waals surface area contributed by atoms with Gasteiger partial charge >= 0.3 is 0 Å². The molecule has 0 saturated carbocycles. The van der Waals surface area contributed by atoms with Gasteiger partial charge in [0.2, 0.25) is 0 Å². The number of hydrogen-bond donors (Lipinski definition) is 2. The van der Waals surface area contributed by atoms with Gasteiger partial charge in [0.1, 0.15) is 0 Å². The Morgan fingerprint density at radius 2 is 2.00 bits per heavy atom. The zero-order chi connectivity index (χ0) is 14.6. The van der Waals surface area contributed by atoms with Crippen LogP contribution in [0.15, 0.2) is 0 Å². The third-order valence-corrected chi connectivity index (χ3v) is 5.85. The second kappa shape index (κ2) is 7.17. The average molecular weight is 304 g/mol. The third kappa shape index (κ3) is 4.39. The van der Waals surface area contributed by atoms with Gasteiger partial charge in [-0.1, -0.05) is 6.92 Å². The standard InChI is InChI=1S/C13H28N4O2S/c1-3-14-9-12-5-4-7-17(10-12)20(18,19)15-13-6-8-16(2)11-13/h12-15H,3-11H2,1-2H3. The summed E-state index contributed by atoms with van der Waals surface area (Å²) in [4.78, 5) is 2.16. The van der Waals surface area contributed by atoms with Gasteiger partial charge in [0.15, 0.2) is 0 Å². The van der Waals surface area contributed by atoms with Crippen LogP contribution in [-0.2, 0) is 10.2 Å². The van der Waals surface area contributed by atoms with Crippen molar-refractivity contribution in [3.05, 3.63) is 0 Å². The molecular weight excluding hydrogens is 276 g/mol. The van der Waals surface area contributed by atoms with E-state index >= 15 is 0 Å². The number of nitrogens with zero attached hydrogens (tertiary/aromatic N) is 2. The minimum Gasteiger partial charge on any atom is -0.317 e. The number of rotatable bonds is 6. The van der Waals surface area contributed by atoms with Gasteiger partial charge in [-0.05, 0) is 51.9 Å². The number of likely N-dealkylation sites (tertiary alicyclic amines) is 1. The van der Waals surface area contributed by atoms with E-state index in [1.54, 1.807) is 4.31 Å². The fraction of sp³-hybridized carbons (Fsp3) is 1.00. The van der Waals surface area contributed by atoms with Crippen molar-refractivity contribution in [3.8, 4) is 0 Å². The molecule has 0 aliphatic carbocycles. The highest BCUT2D eigenvalue weighted by atomic mass is 32.2. The summed E-state index contributed by atoms with van der Waals surface area (Å²) in [6, 6.07) is 0.0687. The number of likely N-dealkylation sites (N-methyl/N-ethyl adjacent to an activating group) is 1. The molecule has 6 nitrogen and oxygen atoms in total. The summed E-state index contributed by atoms with van der Waals surface area (Å²) in [7, 11) is -1.29. The van der Waals surface area contributed by atoms with Crippen LogP contribution >= 0.6 is 0 Å². The van der Waals surface area contributed by atoms with Crippen molar-refractivity contribution < 1.29 is 8.42 Å². The Labute approximate surface area is 123 Å². The van der Waals surface area contributed by atoms with Crippen LogP contribution in [0.1, 0.15) is 26.2 Å². The quantitative estimate of drug-likeness (QED) is 0.716. The first-order valence-electron chi connectivity index (χ1n) is 7.68.